The van der Waals surface area contributed by atoms with Crippen LogP contribution in [0.2, 0.25) is 0 Å². The van der Waals surface area contributed by atoms with Crippen molar-refractivity contribution in [1.82, 2.24) is 0 Å². The van der Waals surface area contributed by atoms with Crippen molar-refractivity contribution in [3.63, 3.8) is 0 Å². The first-order chi connectivity index (χ1) is 11.7. The third kappa shape index (κ3) is 3.97. The molecule has 2 aromatic carbocycles. The molecule has 126 valence electrons. The summed E-state index contributed by atoms with van der Waals surface area (Å²) in [6, 6.07) is 18.3. The molecular weight excluding hydrogens is 300 g/mol. The molecule has 1 saturated carbocycles. The average molecular weight is 324 g/mol. The van der Waals surface area contributed by atoms with E-state index in [4.69, 9.17) is 9.47 Å². The highest BCUT2D eigenvalue weighted by Crippen LogP contribution is 2.47. The van der Waals surface area contributed by atoms with Crippen LogP contribution in [-0.4, -0.2) is 13.1 Å². The molecule has 2 unspecified atom stereocenters. The molecule has 0 saturated heterocycles. The molecule has 0 heterocycles. The van der Waals surface area contributed by atoms with Crippen LogP contribution in [0, 0.1) is 11.8 Å². The maximum absolute atomic E-state index is 12.0. The van der Waals surface area contributed by atoms with Crippen molar-refractivity contribution in [2.45, 2.75) is 32.3 Å². The highest BCUT2D eigenvalue weighted by atomic mass is 16.5. The van der Waals surface area contributed by atoms with Crippen molar-refractivity contribution in [2.75, 3.05) is 7.11 Å². The van der Waals surface area contributed by atoms with E-state index in [2.05, 4.69) is 24.3 Å². The first-order valence-corrected chi connectivity index (χ1v) is 8.53. The summed E-state index contributed by atoms with van der Waals surface area (Å²) >= 11 is 0. The molecule has 2 aromatic rings. The van der Waals surface area contributed by atoms with Crippen molar-refractivity contribution in [2.24, 2.45) is 11.8 Å². The fourth-order valence-electron chi connectivity index (χ4n) is 3.31. The van der Waals surface area contributed by atoms with Crippen LogP contribution in [0.4, 0.5) is 0 Å². The van der Waals surface area contributed by atoms with E-state index >= 15 is 0 Å². The standard InChI is InChI=1S/C21H24O3/c1-15(21(22)23-2)20(17-11-12-17)18-9-6-10-19(13-18)24-14-16-7-4-3-5-8-16/h3-10,13,15,17,20H,11-12,14H2,1-2H3. The highest BCUT2D eigenvalue weighted by Gasteiger charge is 2.39. The van der Waals surface area contributed by atoms with Crippen molar-refractivity contribution >= 4 is 5.97 Å². The molecule has 0 aliphatic heterocycles. The fourth-order valence-corrected chi connectivity index (χ4v) is 3.31. The minimum absolute atomic E-state index is 0.133. The van der Waals surface area contributed by atoms with Gasteiger partial charge >= 0.3 is 5.97 Å². The molecule has 0 bridgehead atoms. The van der Waals surface area contributed by atoms with Gasteiger partial charge in [0.2, 0.25) is 0 Å². The van der Waals surface area contributed by atoms with Gasteiger partial charge in [0.05, 0.1) is 13.0 Å². The van der Waals surface area contributed by atoms with Gasteiger partial charge in [-0.15, -0.1) is 0 Å². The van der Waals surface area contributed by atoms with Crippen LogP contribution in [0.3, 0.4) is 0 Å². The molecule has 0 amide bonds. The van der Waals surface area contributed by atoms with Crippen LogP contribution in [0.25, 0.3) is 0 Å². The van der Waals surface area contributed by atoms with Gasteiger partial charge in [0, 0.05) is 0 Å². The lowest BCUT2D eigenvalue weighted by atomic mass is 9.83. The van der Waals surface area contributed by atoms with Gasteiger partial charge in [0.1, 0.15) is 12.4 Å². The van der Waals surface area contributed by atoms with Crippen LogP contribution in [0.15, 0.2) is 54.6 Å². The van der Waals surface area contributed by atoms with E-state index in [-0.39, 0.29) is 17.8 Å². The molecule has 3 nitrogen and oxygen atoms in total. The number of hydrogen-bond donors (Lipinski definition) is 0. The van der Waals surface area contributed by atoms with Gasteiger partial charge in [-0.1, -0.05) is 49.4 Å². The number of esters is 1. The second kappa shape index (κ2) is 7.52. The minimum Gasteiger partial charge on any atom is -0.489 e. The Morgan fingerprint density at radius 2 is 1.88 bits per heavy atom. The fraction of sp³-hybridized carbons (Fsp3) is 0.381. The number of methoxy groups -OCH3 is 1. The average Bonchev–Trinajstić information content (AvgIpc) is 3.45. The Labute approximate surface area is 143 Å². The molecule has 1 fully saturated rings. The summed E-state index contributed by atoms with van der Waals surface area (Å²) in [6.07, 6.45) is 2.36. The zero-order valence-electron chi connectivity index (χ0n) is 14.3. The number of benzene rings is 2. The molecule has 24 heavy (non-hydrogen) atoms. The van der Waals surface area contributed by atoms with E-state index in [0.717, 1.165) is 11.3 Å². The smallest absolute Gasteiger partial charge is 0.309 e. The Hall–Kier alpha value is -2.29. The van der Waals surface area contributed by atoms with Crippen molar-refractivity contribution in [3.8, 4) is 5.75 Å². The van der Waals surface area contributed by atoms with Gasteiger partial charge in [-0.3, -0.25) is 4.79 Å². The summed E-state index contributed by atoms with van der Waals surface area (Å²) in [6.45, 7) is 2.51. The SMILES string of the molecule is COC(=O)C(C)C(c1cccc(OCc2ccccc2)c1)C1CC1. The Kier molecular flexibility index (Phi) is 5.19. The van der Waals surface area contributed by atoms with E-state index in [1.54, 1.807) is 0 Å². The minimum atomic E-state index is -0.137. The molecule has 2 atom stereocenters. The normalized spacial score (nSPS) is 16.2. The third-order valence-electron chi connectivity index (χ3n) is 4.73. The largest absolute Gasteiger partial charge is 0.489 e. The van der Waals surface area contributed by atoms with E-state index in [9.17, 15) is 4.79 Å². The van der Waals surface area contributed by atoms with Gasteiger partial charge < -0.3 is 9.47 Å². The zero-order chi connectivity index (χ0) is 16.9. The summed E-state index contributed by atoms with van der Waals surface area (Å²) < 4.78 is 10.9. The summed E-state index contributed by atoms with van der Waals surface area (Å²) in [5.74, 6) is 1.36. The number of hydrogen-bond acceptors (Lipinski definition) is 3. The van der Waals surface area contributed by atoms with Crippen LogP contribution in [-0.2, 0) is 16.1 Å². The first-order valence-electron chi connectivity index (χ1n) is 8.53. The molecule has 0 spiro atoms. The summed E-state index contributed by atoms with van der Waals surface area (Å²) in [5, 5.41) is 0. The molecule has 1 aliphatic carbocycles. The topological polar surface area (TPSA) is 35.5 Å². The lowest BCUT2D eigenvalue weighted by Crippen LogP contribution is -2.22. The number of carbonyl (C=O) groups excluding carboxylic acids is 1. The monoisotopic (exact) mass is 324 g/mol. The van der Waals surface area contributed by atoms with Gasteiger partial charge in [-0.2, -0.15) is 0 Å². The van der Waals surface area contributed by atoms with Crippen molar-refractivity contribution in [1.29, 1.82) is 0 Å². The highest BCUT2D eigenvalue weighted by molar-refractivity contribution is 5.73. The maximum Gasteiger partial charge on any atom is 0.309 e. The first kappa shape index (κ1) is 16.6. The molecule has 1 aliphatic rings. The molecule has 3 heteroatoms. The summed E-state index contributed by atoms with van der Waals surface area (Å²) in [4.78, 5) is 12.0. The summed E-state index contributed by atoms with van der Waals surface area (Å²) in [5.41, 5.74) is 2.31. The van der Waals surface area contributed by atoms with Gasteiger partial charge in [0.15, 0.2) is 0 Å². The van der Waals surface area contributed by atoms with Crippen LogP contribution in [0.5, 0.6) is 5.75 Å². The van der Waals surface area contributed by atoms with E-state index in [1.165, 1.54) is 25.5 Å². The van der Waals surface area contributed by atoms with Crippen LogP contribution in [0.1, 0.15) is 36.8 Å². The van der Waals surface area contributed by atoms with Crippen molar-refractivity contribution < 1.29 is 14.3 Å². The second-order valence-electron chi connectivity index (χ2n) is 6.52. The quantitative estimate of drug-likeness (QED) is 0.700. The van der Waals surface area contributed by atoms with E-state index < -0.39 is 0 Å². The van der Waals surface area contributed by atoms with Gasteiger partial charge in [-0.05, 0) is 47.9 Å². The second-order valence-corrected chi connectivity index (χ2v) is 6.52. The molecule has 0 aromatic heterocycles. The predicted octanol–water partition coefficient (Wildman–Crippen LogP) is 4.57. The van der Waals surface area contributed by atoms with E-state index in [1.807, 2.05) is 37.3 Å². The third-order valence-corrected chi connectivity index (χ3v) is 4.73. The molecule has 0 radical (unpaired) electrons. The molecule has 0 N–H and O–H groups in total. The Bertz CT molecular complexity index is 676. The summed E-state index contributed by atoms with van der Waals surface area (Å²) in [7, 11) is 1.46. The number of rotatable bonds is 7. The van der Waals surface area contributed by atoms with Crippen LogP contribution < -0.4 is 4.74 Å². The number of carbonyl (C=O) groups is 1. The predicted molar refractivity (Wildman–Crippen MR) is 93.9 cm³/mol. The lowest BCUT2D eigenvalue weighted by molar-refractivity contribution is -0.145. The number of ether oxygens (including phenoxy) is 2. The van der Waals surface area contributed by atoms with E-state index in [0.29, 0.717) is 12.5 Å². The lowest BCUT2D eigenvalue weighted by Gasteiger charge is -2.23. The molecule has 3 rings (SSSR count). The van der Waals surface area contributed by atoms with Crippen LogP contribution >= 0.6 is 0 Å². The van der Waals surface area contributed by atoms with Crippen molar-refractivity contribution in [3.05, 3.63) is 65.7 Å². The Morgan fingerprint density at radius 3 is 2.54 bits per heavy atom. The molecular formula is C21H24O3. The Balaban J connectivity index is 1.74. The van der Waals surface area contributed by atoms with Gasteiger partial charge in [0.25, 0.3) is 0 Å². The van der Waals surface area contributed by atoms with Gasteiger partial charge in [-0.25, -0.2) is 0 Å². The Morgan fingerprint density at radius 1 is 1.12 bits per heavy atom. The maximum atomic E-state index is 12.0. The zero-order valence-corrected chi connectivity index (χ0v) is 14.3.